The Kier molecular flexibility index (Phi) is 7.30. The van der Waals surface area contributed by atoms with Gasteiger partial charge in [-0.15, -0.1) is 11.3 Å². The standard InChI is InChI=1S/C27H23N5O5S2/c1-36-19-13-17(14-20(15-19)37-2)29-26-27(31-23-9-4-3-8-22(23)30-26)32(39(34)35)18-7-5-6-16(12-18)24-21(25(28)33)10-11-38-24/h3-15,39H,1-2H3,(H2,28,33)(H,29,30). The second-order valence-corrected chi connectivity index (χ2v) is 10.0. The number of hydrogen-bond donors (Lipinski definition) is 3. The number of anilines is 4. The molecular formula is C27H23N5O5S2. The Morgan fingerprint density at radius 2 is 1.62 bits per heavy atom. The fourth-order valence-corrected chi connectivity index (χ4v) is 5.54. The summed E-state index contributed by atoms with van der Waals surface area (Å²) in [7, 11) is -0.147. The molecule has 39 heavy (non-hydrogen) atoms. The van der Waals surface area contributed by atoms with Gasteiger partial charge in [0.2, 0.25) is 16.8 Å². The first-order valence-electron chi connectivity index (χ1n) is 11.6. The molecular weight excluding hydrogens is 538 g/mol. The number of thiophene rings is 1. The van der Waals surface area contributed by atoms with Gasteiger partial charge in [0.15, 0.2) is 11.6 Å². The van der Waals surface area contributed by atoms with Crippen molar-refractivity contribution < 1.29 is 22.7 Å². The normalized spacial score (nSPS) is 10.9. The van der Waals surface area contributed by atoms with Gasteiger partial charge in [0.05, 0.1) is 36.5 Å². The number of rotatable bonds is 9. The van der Waals surface area contributed by atoms with E-state index in [2.05, 4.69) is 10.3 Å². The van der Waals surface area contributed by atoms with Gasteiger partial charge in [-0.05, 0) is 41.3 Å². The Morgan fingerprint density at radius 1 is 0.923 bits per heavy atom. The van der Waals surface area contributed by atoms with Crippen LogP contribution in [-0.4, -0.2) is 38.5 Å². The Hall–Kier alpha value is -4.68. The minimum atomic E-state index is -3.22. The van der Waals surface area contributed by atoms with Crippen LogP contribution in [0.3, 0.4) is 0 Å². The molecule has 0 fully saturated rings. The number of para-hydroxylation sites is 2. The van der Waals surface area contributed by atoms with E-state index in [0.717, 1.165) is 4.31 Å². The molecule has 10 nitrogen and oxygen atoms in total. The highest BCUT2D eigenvalue weighted by Crippen LogP contribution is 2.37. The third-order valence-electron chi connectivity index (χ3n) is 5.81. The molecule has 3 N–H and O–H groups in total. The van der Waals surface area contributed by atoms with Crippen molar-refractivity contribution in [3.8, 4) is 21.9 Å². The second kappa shape index (κ2) is 11.0. The average molecular weight is 562 g/mol. The lowest BCUT2D eigenvalue weighted by Gasteiger charge is -2.21. The third kappa shape index (κ3) is 5.33. The van der Waals surface area contributed by atoms with Crippen LogP contribution >= 0.6 is 11.3 Å². The predicted octanol–water partition coefficient (Wildman–Crippen LogP) is 4.88. The summed E-state index contributed by atoms with van der Waals surface area (Å²) in [6.45, 7) is 0. The number of ether oxygens (including phenoxy) is 2. The summed E-state index contributed by atoms with van der Waals surface area (Å²) >= 11 is 1.33. The number of nitrogens with two attached hydrogens (primary N) is 1. The Morgan fingerprint density at radius 3 is 2.26 bits per heavy atom. The summed E-state index contributed by atoms with van der Waals surface area (Å²) < 4.78 is 37.4. The van der Waals surface area contributed by atoms with E-state index in [0.29, 0.717) is 49.9 Å². The number of primary amides is 1. The molecule has 0 atom stereocenters. The van der Waals surface area contributed by atoms with Crippen LogP contribution in [-0.2, 0) is 10.9 Å². The minimum Gasteiger partial charge on any atom is -0.497 e. The molecule has 0 saturated carbocycles. The molecule has 5 aromatic rings. The molecule has 0 spiro atoms. The number of hydrogen-bond acceptors (Lipinski definition) is 9. The van der Waals surface area contributed by atoms with Gasteiger partial charge in [0.1, 0.15) is 11.5 Å². The zero-order valence-electron chi connectivity index (χ0n) is 20.8. The van der Waals surface area contributed by atoms with Crippen molar-refractivity contribution >= 4 is 62.2 Å². The number of fused-ring (bicyclic) bond motifs is 1. The zero-order valence-corrected chi connectivity index (χ0v) is 22.5. The lowest BCUT2D eigenvalue weighted by atomic mass is 10.1. The largest absolute Gasteiger partial charge is 0.497 e. The quantitative estimate of drug-likeness (QED) is 0.217. The maximum absolute atomic E-state index is 12.8. The van der Waals surface area contributed by atoms with Gasteiger partial charge < -0.3 is 20.5 Å². The lowest BCUT2D eigenvalue weighted by molar-refractivity contribution is 0.100. The molecule has 1 amide bonds. The van der Waals surface area contributed by atoms with E-state index in [1.165, 1.54) is 25.6 Å². The molecule has 0 unspecified atom stereocenters. The van der Waals surface area contributed by atoms with E-state index in [1.807, 2.05) is 6.07 Å². The second-order valence-electron chi connectivity index (χ2n) is 8.24. The number of aromatic nitrogens is 2. The zero-order chi connectivity index (χ0) is 27.5. The molecule has 2 aromatic heterocycles. The number of carbonyl (C=O) groups is 1. The Labute approximate surface area is 229 Å². The van der Waals surface area contributed by atoms with Gasteiger partial charge in [0, 0.05) is 28.8 Å². The Balaban J connectivity index is 1.67. The minimum absolute atomic E-state index is 0.0602. The van der Waals surface area contributed by atoms with Gasteiger partial charge in [-0.25, -0.2) is 22.7 Å². The molecule has 2 heterocycles. The van der Waals surface area contributed by atoms with Crippen LogP contribution in [0.4, 0.5) is 23.0 Å². The first-order chi connectivity index (χ1) is 18.9. The van der Waals surface area contributed by atoms with E-state index in [-0.39, 0.29) is 11.6 Å². The fourth-order valence-electron chi connectivity index (χ4n) is 4.04. The molecule has 0 bridgehead atoms. The summed E-state index contributed by atoms with van der Waals surface area (Å²) in [6, 6.07) is 20.8. The smallest absolute Gasteiger partial charge is 0.250 e. The highest BCUT2D eigenvalue weighted by molar-refractivity contribution is 7.74. The van der Waals surface area contributed by atoms with Gasteiger partial charge in [-0.1, -0.05) is 24.3 Å². The van der Waals surface area contributed by atoms with Gasteiger partial charge in [-0.3, -0.25) is 4.79 Å². The number of nitrogens with one attached hydrogen (secondary N) is 1. The highest BCUT2D eigenvalue weighted by Gasteiger charge is 2.22. The van der Waals surface area contributed by atoms with Crippen LogP contribution < -0.4 is 24.8 Å². The number of thiol groups is 1. The first kappa shape index (κ1) is 25.9. The average Bonchev–Trinajstić information content (AvgIpc) is 3.44. The van der Waals surface area contributed by atoms with Crippen molar-refractivity contribution in [3.05, 3.63) is 83.7 Å². The maximum Gasteiger partial charge on any atom is 0.250 e. The molecule has 12 heteroatoms. The first-order valence-corrected chi connectivity index (χ1v) is 13.6. The van der Waals surface area contributed by atoms with Crippen LogP contribution in [0.5, 0.6) is 11.5 Å². The molecule has 198 valence electrons. The number of methoxy groups -OCH3 is 2. The highest BCUT2D eigenvalue weighted by atomic mass is 32.2. The number of carbonyl (C=O) groups excluding carboxylic acids is 1. The Bertz CT molecular complexity index is 1740. The summed E-state index contributed by atoms with van der Waals surface area (Å²) in [5.41, 5.74) is 8.47. The van der Waals surface area contributed by atoms with E-state index in [1.54, 1.807) is 72.1 Å². The van der Waals surface area contributed by atoms with Crippen LogP contribution in [0.15, 0.2) is 78.2 Å². The summed E-state index contributed by atoms with van der Waals surface area (Å²) in [5.74, 6) is 0.761. The maximum atomic E-state index is 12.8. The molecule has 3 aromatic carbocycles. The topological polar surface area (TPSA) is 137 Å². The van der Waals surface area contributed by atoms with Crippen LogP contribution in [0.2, 0.25) is 0 Å². The molecule has 0 saturated heterocycles. The van der Waals surface area contributed by atoms with Crippen molar-refractivity contribution in [3.63, 3.8) is 0 Å². The van der Waals surface area contributed by atoms with Crippen LogP contribution in [0, 0.1) is 0 Å². The number of benzene rings is 3. The van der Waals surface area contributed by atoms with Gasteiger partial charge in [0.25, 0.3) is 0 Å². The van der Waals surface area contributed by atoms with Crippen molar-refractivity contribution in [1.82, 2.24) is 9.97 Å². The molecule has 0 radical (unpaired) electrons. The van der Waals surface area contributed by atoms with Crippen molar-refractivity contribution in [1.29, 1.82) is 0 Å². The molecule has 0 aliphatic heterocycles. The monoisotopic (exact) mass is 561 g/mol. The number of nitrogens with zero attached hydrogens (tertiary/aromatic N) is 3. The third-order valence-corrected chi connectivity index (χ3v) is 7.52. The molecule has 0 aliphatic carbocycles. The predicted molar refractivity (Wildman–Crippen MR) is 153 cm³/mol. The molecule has 5 rings (SSSR count). The summed E-state index contributed by atoms with van der Waals surface area (Å²) in [6.07, 6.45) is 0. The van der Waals surface area contributed by atoms with Crippen molar-refractivity contribution in [2.45, 2.75) is 0 Å². The summed E-state index contributed by atoms with van der Waals surface area (Å²) in [5, 5.41) is 4.94. The van der Waals surface area contributed by atoms with Crippen LogP contribution in [0.25, 0.3) is 21.5 Å². The van der Waals surface area contributed by atoms with Crippen molar-refractivity contribution in [2.24, 2.45) is 5.73 Å². The fraction of sp³-hybridized carbons (Fsp3) is 0.0741. The lowest BCUT2D eigenvalue weighted by Crippen LogP contribution is -2.18. The molecule has 0 aliphatic rings. The van der Waals surface area contributed by atoms with E-state index < -0.39 is 16.8 Å². The SMILES string of the molecule is COc1cc(Nc2nc3ccccc3nc2N(c2cccc(-c3sccc3C(N)=O)c2)[SH](=O)=O)cc(OC)c1. The van der Waals surface area contributed by atoms with Gasteiger partial charge in [-0.2, -0.15) is 0 Å². The summed E-state index contributed by atoms with van der Waals surface area (Å²) in [4.78, 5) is 21.9. The van der Waals surface area contributed by atoms with Crippen LogP contribution in [0.1, 0.15) is 10.4 Å². The van der Waals surface area contributed by atoms with E-state index in [4.69, 9.17) is 20.2 Å². The van der Waals surface area contributed by atoms with E-state index >= 15 is 0 Å². The number of amides is 1. The van der Waals surface area contributed by atoms with Gasteiger partial charge >= 0.3 is 0 Å². The van der Waals surface area contributed by atoms with Crippen molar-refractivity contribution in [2.75, 3.05) is 23.8 Å². The van der Waals surface area contributed by atoms with E-state index in [9.17, 15) is 13.2 Å².